The Morgan fingerprint density at radius 2 is 1.75 bits per heavy atom. The molecule has 0 aromatic heterocycles. The Labute approximate surface area is 99.7 Å². The van der Waals surface area contributed by atoms with Gasteiger partial charge in [0.1, 0.15) is 0 Å². The highest BCUT2D eigenvalue weighted by Crippen LogP contribution is 2.28. The molecular formula is C14H11NS. The second-order valence-corrected chi connectivity index (χ2v) is 4.70. The Bertz CT molecular complexity index is 523. The van der Waals surface area contributed by atoms with E-state index in [9.17, 15) is 0 Å². The molecular weight excluding hydrogens is 214 g/mol. The van der Waals surface area contributed by atoms with Gasteiger partial charge in [-0.2, -0.15) is 5.26 Å². The zero-order chi connectivity index (χ0) is 11.4. The SMILES string of the molecule is Cc1ccc(Sc2cccc(C#N)c2)cc1. The summed E-state index contributed by atoms with van der Waals surface area (Å²) in [5.41, 5.74) is 1.97. The van der Waals surface area contributed by atoms with Crippen molar-refractivity contribution in [1.82, 2.24) is 0 Å². The highest BCUT2D eigenvalue weighted by Gasteiger charge is 1.98. The minimum atomic E-state index is 0.706. The molecule has 0 N–H and O–H groups in total. The van der Waals surface area contributed by atoms with Crippen LogP contribution in [0.5, 0.6) is 0 Å². The third-order valence-electron chi connectivity index (χ3n) is 2.22. The molecule has 0 atom stereocenters. The summed E-state index contributed by atoms with van der Waals surface area (Å²) < 4.78 is 0. The number of benzene rings is 2. The summed E-state index contributed by atoms with van der Waals surface area (Å²) in [6, 6.07) is 18.2. The Hall–Kier alpha value is -1.72. The van der Waals surface area contributed by atoms with Crippen LogP contribution in [0.25, 0.3) is 0 Å². The molecule has 2 aromatic rings. The second kappa shape index (κ2) is 4.87. The normalized spacial score (nSPS) is 9.75. The molecule has 0 spiro atoms. The molecule has 0 unspecified atom stereocenters. The maximum absolute atomic E-state index is 8.81. The van der Waals surface area contributed by atoms with Crippen molar-refractivity contribution >= 4 is 11.8 Å². The van der Waals surface area contributed by atoms with E-state index < -0.39 is 0 Å². The topological polar surface area (TPSA) is 23.8 Å². The largest absolute Gasteiger partial charge is 0.192 e. The van der Waals surface area contributed by atoms with E-state index in [1.165, 1.54) is 10.5 Å². The van der Waals surface area contributed by atoms with Gasteiger partial charge in [-0.3, -0.25) is 0 Å². The van der Waals surface area contributed by atoms with E-state index in [1.54, 1.807) is 11.8 Å². The highest BCUT2D eigenvalue weighted by atomic mass is 32.2. The first-order valence-electron chi connectivity index (χ1n) is 5.02. The van der Waals surface area contributed by atoms with Crippen molar-refractivity contribution in [2.75, 3.05) is 0 Å². The smallest absolute Gasteiger partial charge is 0.0992 e. The predicted molar refractivity (Wildman–Crippen MR) is 66.5 cm³/mol. The van der Waals surface area contributed by atoms with Crippen molar-refractivity contribution in [3.8, 4) is 6.07 Å². The van der Waals surface area contributed by atoms with Crippen molar-refractivity contribution in [1.29, 1.82) is 5.26 Å². The summed E-state index contributed by atoms with van der Waals surface area (Å²) in [4.78, 5) is 2.29. The number of nitrogens with zero attached hydrogens (tertiary/aromatic N) is 1. The van der Waals surface area contributed by atoms with Crippen molar-refractivity contribution in [2.45, 2.75) is 16.7 Å². The number of rotatable bonds is 2. The van der Waals surface area contributed by atoms with Crippen LogP contribution < -0.4 is 0 Å². The van der Waals surface area contributed by atoms with Gasteiger partial charge in [0, 0.05) is 9.79 Å². The number of nitriles is 1. The van der Waals surface area contributed by atoms with Crippen LogP contribution in [-0.2, 0) is 0 Å². The number of aryl methyl sites for hydroxylation is 1. The van der Waals surface area contributed by atoms with Gasteiger partial charge in [-0.1, -0.05) is 35.5 Å². The molecule has 0 amide bonds. The lowest BCUT2D eigenvalue weighted by Gasteiger charge is -2.02. The van der Waals surface area contributed by atoms with Crippen LogP contribution in [0.2, 0.25) is 0 Å². The summed E-state index contributed by atoms with van der Waals surface area (Å²) in [6.45, 7) is 2.07. The first kappa shape index (κ1) is 10.8. The Balaban J connectivity index is 2.21. The van der Waals surface area contributed by atoms with Crippen LogP contribution in [0.15, 0.2) is 58.3 Å². The lowest BCUT2D eigenvalue weighted by Crippen LogP contribution is -1.77. The fourth-order valence-corrected chi connectivity index (χ4v) is 2.25. The number of hydrogen-bond acceptors (Lipinski definition) is 2. The van der Waals surface area contributed by atoms with Crippen LogP contribution in [-0.4, -0.2) is 0 Å². The van der Waals surface area contributed by atoms with E-state index >= 15 is 0 Å². The average molecular weight is 225 g/mol. The van der Waals surface area contributed by atoms with Gasteiger partial charge in [0.15, 0.2) is 0 Å². The first-order valence-corrected chi connectivity index (χ1v) is 5.84. The minimum Gasteiger partial charge on any atom is -0.192 e. The van der Waals surface area contributed by atoms with E-state index in [0.717, 1.165) is 4.90 Å². The van der Waals surface area contributed by atoms with Crippen LogP contribution in [0.1, 0.15) is 11.1 Å². The molecule has 0 aliphatic rings. The molecule has 1 nitrogen and oxygen atoms in total. The highest BCUT2D eigenvalue weighted by molar-refractivity contribution is 7.99. The van der Waals surface area contributed by atoms with Crippen molar-refractivity contribution in [3.05, 3.63) is 59.7 Å². The van der Waals surface area contributed by atoms with Crippen molar-refractivity contribution in [3.63, 3.8) is 0 Å². The summed E-state index contributed by atoms with van der Waals surface area (Å²) in [5, 5.41) is 8.81. The van der Waals surface area contributed by atoms with Crippen LogP contribution in [0.4, 0.5) is 0 Å². The molecule has 0 radical (unpaired) electrons. The molecule has 0 aliphatic carbocycles. The Morgan fingerprint density at radius 1 is 1.00 bits per heavy atom. The van der Waals surface area contributed by atoms with Gasteiger partial charge in [0.25, 0.3) is 0 Å². The third kappa shape index (κ3) is 2.65. The Morgan fingerprint density at radius 3 is 2.44 bits per heavy atom. The lowest BCUT2D eigenvalue weighted by molar-refractivity contribution is 1.35. The molecule has 0 aliphatic heterocycles. The van der Waals surface area contributed by atoms with E-state index in [-0.39, 0.29) is 0 Å². The zero-order valence-electron chi connectivity index (χ0n) is 8.97. The van der Waals surface area contributed by atoms with Crippen LogP contribution in [0.3, 0.4) is 0 Å². The first-order chi connectivity index (χ1) is 7.78. The molecule has 0 heterocycles. The maximum atomic E-state index is 8.81. The third-order valence-corrected chi connectivity index (χ3v) is 3.22. The molecule has 78 valence electrons. The van der Waals surface area contributed by atoms with Gasteiger partial charge in [0.05, 0.1) is 11.6 Å². The van der Waals surface area contributed by atoms with Crippen LogP contribution in [0, 0.1) is 18.3 Å². The van der Waals surface area contributed by atoms with Gasteiger partial charge in [0.2, 0.25) is 0 Å². The standard InChI is InChI=1S/C14H11NS/c1-11-5-7-13(8-6-11)16-14-4-2-3-12(9-14)10-15/h2-9H,1H3. The summed E-state index contributed by atoms with van der Waals surface area (Å²) in [5.74, 6) is 0. The second-order valence-electron chi connectivity index (χ2n) is 3.55. The quantitative estimate of drug-likeness (QED) is 0.770. The lowest BCUT2D eigenvalue weighted by atomic mass is 10.2. The Kier molecular flexibility index (Phi) is 3.28. The molecule has 16 heavy (non-hydrogen) atoms. The van der Waals surface area contributed by atoms with E-state index in [2.05, 4.69) is 37.3 Å². The molecule has 0 saturated heterocycles. The van der Waals surface area contributed by atoms with Gasteiger partial charge in [-0.05, 0) is 37.3 Å². The summed E-state index contributed by atoms with van der Waals surface area (Å²) in [6.07, 6.45) is 0. The van der Waals surface area contributed by atoms with Gasteiger partial charge in [-0.25, -0.2) is 0 Å². The van der Waals surface area contributed by atoms with Crippen molar-refractivity contribution in [2.24, 2.45) is 0 Å². The van der Waals surface area contributed by atoms with Gasteiger partial charge < -0.3 is 0 Å². The van der Waals surface area contributed by atoms with Crippen molar-refractivity contribution < 1.29 is 0 Å². The predicted octanol–water partition coefficient (Wildman–Crippen LogP) is 4.02. The monoisotopic (exact) mass is 225 g/mol. The molecule has 2 rings (SSSR count). The van der Waals surface area contributed by atoms with E-state index in [1.807, 2.05) is 24.3 Å². The molecule has 2 heteroatoms. The van der Waals surface area contributed by atoms with Crippen LogP contribution >= 0.6 is 11.8 Å². The van der Waals surface area contributed by atoms with E-state index in [4.69, 9.17) is 5.26 Å². The minimum absolute atomic E-state index is 0.706. The summed E-state index contributed by atoms with van der Waals surface area (Å²) >= 11 is 1.67. The molecule has 0 saturated carbocycles. The fourth-order valence-electron chi connectivity index (χ4n) is 1.37. The van der Waals surface area contributed by atoms with E-state index in [0.29, 0.717) is 5.56 Å². The van der Waals surface area contributed by atoms with Gasteiger partial charge >= 0.3 is 0 Å². The maximum Gasteiger partial charge on any atom is 0.0992 e. The average Bonchev–Trinajstić information content (AvgIpc) is 2.32. The zero-order valence-corrected chi connectivity index (χ0v) is 9.79. The molecule has 0 bridgehead atoms. The summed E-state index contributed by atoms with van der Waals surface area (Å²) in [7, 11) is 0. The molecule has 2 aromatic carbocycles. The van der Waals surface area contributed by atoms with Gasteiger partial charge in [-0.15, -0.1) is 0 Å². The fraction of sp³-hybridized carbons (Fsp3) is 0.0714. The number of hydrogen-bond donors (Lipinski definition) is 0. The molecule has 0 fully saturated rings.